The number of hydrogen-bond acceptors (Lipinski definition) is 2. The molecule has 0 radical (unpaired) electrons. The Labute approximate surface area is 70.2 Å². The number of aliphatic hydroxyl groups is 1. The highest BCUT2D eigenvalue weighted by atomic mass is 16.3. The molecule has 0 aliphatic rings. The van der Waals surface area contributed by atoms with E-state index in [1.54, 1.807) is 0 Å². The van der Waals surface area contributed by atoms with Crippen LogP contribution < -0.4 is 0 Å². The standard InChI is InChI=1S/C9H21NO/c1-8(10(4)5)6-7-9(2,3)11/h8,11H,6-7H2,1-5H3. The predicted molar refractivity (Wildman–Crippen MR) is 48.7 cm³/mol. The van der Waals surface area contributed by atoms with Crippen LogP contribution in [-0.4, -0.2) is 35.7 Å². The third-order valence-corrected chi connectivity index (χ3v) is 2.06. The maximum absolute atomic E-state index is 9.43. The van der Waals surface area contributed by atoms with Crippen LogP contribution in [0.5, 0.6) is 0 Å². The van der Waals surface area contributed by atoms with E-state index in [4.69, 9.17) is 0 Å². The molecular formula is C9H21NO. The minimum Gasteiger partial charge on any atom is -0.390 e. The van der Waals surface area contributed by atoms with Crippen LogP contribution in [0.3, 0.4) is 0 Å². The van der Waals surface area contributed by atoms with Gasteiger partial charge in [0, 0.05) is 6.04 Å². The van der Waals surface area contributed by atoms with E-state index in [-0.39, 0.29) is 0 Å². The minimum absolute atomic E-state index is 0.510. The van der Waals surface area contributed by atoms with Gasteiger partial charge in [0.25, 0.3) is 0 Å². The first-order valence-electron chi connectivity index (χ1n) is 4.22. The fourth-order valence-corrected chi connectivity index (χ4v) is 0.820. The molecule has 0 amide bonds. The third-order valence-electron chi connectivity index (χ3n) is 2.06. The largest absolute Gasteiger partial charge is 0.390 e. The molecule has 0 fully saturated rings. The molecule has 1 N–H and O–H groups in total. The highest BCUT2D eigenvalue weighted by Crippen LogP contribution is 2.13. The first kappa shape index (κ1) is 10.9. The van der Waals surface area contributed by atoms with Crippen molar-refractivity contribution in [3.63, 3.8) is 0 Å². The summed E-state index contributed by atoms with van der Waals surface area (Å²) in [6, 6.07) is 0.557. The van der Waals surface area contributed by atoms with Gasteiger partial charge in [-0.1, -0.05) is 0 Å². The van der Waals surface area contributed by atoms with Crippen molar-refractivity contribution < 1.29 is 5.11 Å². The molecule has 68 valence electrons. The summed E-state index contributed by atoms with van der Waals surface area (Å²) in [5.74, 6) is 0. The third kappa shape index (κ3) is 6.32. The molecule has 0 heterocycles. The number of rotatable bonds is 4. The van der Waals surface area contributed by atoms with Gasteiger partial charge in [0.2, 0.25) is 0 Å². The van der Waals surface area contributed by atoms with E-state index in [0.29, 0.717) is 6.04 Å². The van der Waals surface area contributed by atoms with Gasteiger partial charge in [0.15, 0.2) is 0 Å². The molecule has 1 unspecified atom stereocenters. The van der Waals surface area contributed by atoms with Crippen LogP contribution in [0.1, 0.15) is 33.6 Å². The summed E-state index contributed by atoms with van der Waals surface area (Å²) >= 11 is 0. The van der Waals surface area contributed by atoms with Crippen molar-refractivity contribution in [2.75, 3.05) is 14.1 Å². The Morgan fingerprint density at radius 1 is 1.36 bits per heavy atom. The lowest BCUT2D eigenvalue weighted by molar-refractivity contribution is 0.0616. The quantitative estimate of drug-likeness (QED) is 0.671. The lowest BCUT2D eigenvalue weighted by Crippen LogP contribution is -2.28. The van der Waals surface area contributed by atoms with Gasteiger partial charge in [0.1, 0.15) is 0 Å². The zero-order valence-electron chi connectivity index (χ0n) is 8.39. The first-order chi connectivity index (χ1) is 4.83. The second-order valence-corrected chi connectivity index (χ2v) is 4.16. The van der Waals surface area contributed by atoms with E-state index < -0.39 is 5.60 Å². The molecule has 0 spiro atoms. The Kier molecular flexibility index (Phi) is 4.04. The zero-order chi connectivity index (χ0) is 9.07. The Bertz CT molecular complexity index is 105. The maximum atomic E-state index is 9.43. The molecule has 0 rings (SSSR count). The van der Waals surface area contributed by atoms with Crippen molar-refractivity contribution in [1.82, 2.24) is 4.90 Å². The van der Waals surface area contributed by atoms with Gasteiger partial charge in [-0.05, 0) is 47.7 Å². The summed E-state index contributed by atoms with van der Waals surface area (Å²) in [4.78, 5) is 2.17. The molecular weight excluding hydrogens is 138 g/mol. The molecule has 0 saturated carbocycles. The summed E-state index contributed by atoms with van der Waals surface area (Å²) in [6.07, 6.45) is 1.92. The molecule has 0 bridgehead atoms. The average Bonchev–Trinajstić information content (AvgIpc) is 1.80. The van der Waals surface area contributed by atoms with E-state index >= 15 is 0 Å². The molecule has 0 aromatic rings. The summed E-state index contributed by atoms with van der Waals surface area (Å²) in [6.45, 7) is 5.89. The van der Waals surface area contributed by atoms with E-state index in [0.717, 1.165) is 12.8 Å². The second kappa shape index (κ2) is 4.07. The van der Waals surface area contributed by atoms with Crippen LogP contribution in [0.2, 0.25) is 0 Å². The average molecular weight is 159 g/mol. The first-order valence-corrected chi connectivity index (χ1v) is 4.22. The molecule has 11 heavy (non-hydrogen) atoms. The zero-order valence-corrected chi connectivity index (χ0v) is 8.39. The monoisotopic (exact) mass is 159 g/mol. The van der Waals surface area contributed by atoms with Gasteiger partial charge in [-0.25, -0.2) is 0 Å². The SMILES string of the molecule is CC(CCC(C)(C)O)N(C)C. The van der Waals surface area contributed by atoms with Crippen molar-refractivity contribution in [2.24, 2.45) is 0 Å². The second-order valence-electron chi connectivity index (χ2n) is 4.16. The van der Waals surface area contributed by atoms with Crippen LogP contribution in [-0.2, 0) is 0 Å². The Balaban J connectivity index is 3.54. The van der Waals surface area contributed by atoms with Crippen molar-refractivity contribution in [1.29, 1.82) is 0 Å². The topological polar surface area (TPSA) is 23.5 Å². The van der Waals surface area contributed by atoms with Gasteiger partial charge >= 0.3 is 0 Å². The van der Waals surface area contributed by atoms with Crippen LogP contribution in [0.4, 0.5) is 0 Å². The van der Waals surface area contributed by atoms with Crippen molar-refractivity contribution in [2.45, 2.75) is 45.3 Å². The molecule has 0 aliphatic heterocycles. The smallest absolute Gasteiger partial charge is 0.0592 e. The summed E-state index contributed by atoms with van der Waals surface area (Å²) in [5, 5.41) is 9.43. The molecule has 2 heteroatoms. The van der Waals surface area contributed by atoms with Crippen LogP contribution in [0.15, 0.2) is 0 Å². The molecule has 2 nitrogen and oxygen atoms in total. The van der Waals surface area contributed by atoms with Gasteiger partial charge in [-0.3, -0.25) is 0 Å². The minimum atomic E-state index is -0.510. The Hall–Kier alpha value is -0.0800. The Morgan fingerprint density at radius 2 is 1.82 bits per heavy atom. The molecule has 0 saturated heterocycles. The van der Waals surface area contributed by atoms with E-state index in [1.807, 2.05) is 13.8 Å². The van der Waals surface area contributed by atoms with Crippen molar-refractivity contribution in [3.05, 3.63) is 0 Å². The molecule has 1 atom stereocenters. The van der Waals surface area contributed by atoms with Crippen LogP contribution >= 0.6 is 0 Å². The van der Waals surface area contributed by atoms with Crippen LogP contribution in [0, 0.1) is 0 Å². The fourth-order valence-electron chi connectivity index (χ4n) is 0.820. The van der Waals surface area contributed by atoms with Gasteiger partial charge in [-0.2, -0.15) is 0 Å². The Morgan fingerprint density at radius 3 is 2.09 bits per heavy atom. The number of hydrogen-bond donors (Lipinski definition) is 1. The van der Waals surface area contributed by atoms with E-state index in [2.05, 4.69) is 25.9 Å². The molecule has 0 aliphatic carbocycles. The van der Waals surface area contributed by atoms with Crippen LogP contribution in [0.25, 0.3) is 0 Å². The fraction of sp³-hybridized carbons (Fsp3) is 1.00. The normalized spacial score (nSPS) is 15.5. The molecule has 0 aromatic carbocycles. The summed E-state index contributed by atoms with van der Waals surface area (Å²) in [5.41, 5.74) is -0.510. The predicted octanol–water partition coefficient (Wildman–Crippen LogP) is 1.49. The van der Waals surface area contributed by atoms with Gasteiger partial charge < -0.3 is 10.0 Å². The van der Waals surface area contributed by atoms with Gasteiger partial charge in [-0.15, -0.1) is 0 Å². The van der Waals surface area contributed by atoms with Crippen molar-refractivity contribution in [3.8, 4) is 0 Å². The number of nitrogens with zero attached hydrogens (tertiary/aromatic N) is 1. The highest BCUT2D eigenvalue weighted by molar-refractivity contribution is 4.69. The van der Waals surface area contributed by atoms with E-state index in [1.165, 1.54) is 0 Å². The lowest BCUT2D eigenvalue weighted by Gasteiger charge is -2.23. The maximum Gasteiger partial charge on any atom is 0.0592 e. The van der Waals surface area contributed by atoms with Gasteiger partial charge in [0.05, 0.1) is 5.60 Å². The summed E-state index contributed by atoms with van der Waals surface area (Å²) in [7, 11) is 4.13. The van der Waals surface area contributed by atoms with Crippen molar-refractivity contribution >= 4 is 0 Å². The molecule has 0 aromatic heterocycles. The summed E-state index contributed by atoms with van der Waals surface area (Å²) < 4.78 is 0. The highest BCUT2D eigenvalue weighted by Gasteiger charge is 2.14. The van der Waals surface area contributed by atoms with E-state index in [9.17, 15) is 5.11 Å². The lowest BCUT2D eigenvalue weighted by atomic mass is 10.00.